The number of hydrogen-bond acceptors (Lipinski definition) is 6. The van der Waals surface area contributed by atoms with Crippen LogP contribution in [0.1, 0.15) is 0 Å². The maximum absolute atomic E-state index is 9.54. The summed E-state index contributed by atoms with van der Waals surface area (Å²) in [5.74, 6) is 2.13. The lowest BCUT2D eigenvalue weighted by molar-refractivity contribution is 0.225. The number of hydrogen-bond donors (Lipinski definition) is 2. The topological polar surface area (TPSA) is 40.5 Å². The normalized spacial score (nSPS) is 34.5. The van der Waals surface area contributed by atoms with Crippen LogP contribution >= 0.6 is 47.0 Å². The van der Waals surface area contributed by atoms with E-state index in [2.05, 4.69) is 0 Å². The molecule has 0 aromatic carbocycles. The molecule has 0 bridgehead atoms. The third-order valence-corrected chi connectivity index (χ3v) is 5.43. The molecule has 1 heterocycles. The van der Waals surface area contributed by atoms with Gasteiger partial charge in [-0.05, 0) is 21.6 Å². The minimum Gasteiger partial charge on any atom is -0.391 e. The molecule has 0 spiro atoms. The fourth-order valence-electron chi connectivity index (χ4n) is 0.799. The number of rotatable bonds is 0. The molecule has 86 valence electrons. The van der Waals surface area contributed by atoms with E-state index in [1.54, 1.807) is 35.3 Å². The highest BCUT2D eigenvalue weighted by Crippen LogP contribution is 2.20. The van der Waals surface area contributed by atoms with Gasteiger partial charge in [-0.1, -0.05) is 0 Å². The van der Waals surface area contributed by atoms with Crippen molar-refractivity contribution in [2.45, 2.75) is 11.5 Å². The summed E-state index contributed by atoms with van der Waals surface area (Å²) in [7, 11) is 0. The third-order valence-electron chi connectivity index (χ3n) is 1.45. The van der Waals surface area contributed by atoms with Gasteiger partial charge in [-0.15, -0.1) is 47.0 Å². The van der Waals surface area contributed by atoms with Crippen LogP contribution in [0.25, 0.3) is 0 Å². The number of thioether (sulfide) groups is 4. The molecule has 2 atom stereocenters. The molecule has 0 aromatic heterocycles. The summed E-state index contributed by atoms with van der Waals surface area (Å²) in [4.78, 5) is 0. The second-order valence-corrected chi connectivity index (χ2v) is 6.69. The van der Waals surface area contributed by atoms with Gasteiger partial charge in [0.1, 0.15) is 5.44 Å². The molecule has 0 aromatic rings. The molecule has 1 unspecified atom stereocenters. The molecule has 0 aliphatic carbocycles. The maximum Gasteiger partial charge on any atom is 0.113 e. The summed E-state index contributed by atoms with van der Waals surface area (Å²) in [6.45, 7) is 0. The van der Waals surface area contributed by atoms with Gasteiger partial charge in [0.15, 0.2) is 0 Å². The molecule has 1 aliphatic rings. The van der Waals surface area contributed by atoms with E-state index in [9.17, 15) is 10.2 Å². The predicted molar refractivity (Wildman–Crippen MR) is 75.3 cm³/mol. The molecular weight excluding hydrogens is 268 g/mol. The average Bonchev–Trinajstić information content (AvgIpc) is 2.23. The van der Waals surface area contributed by atoms with E-state index in [1.165, 1.54) is 11.8 Å². The van der Waals surface area contributed by atoms with Crippen LogP contribution in [0.4, 0.5) is 0 Å². The second kappa shape index (κ2) is 8.90. The van der Waals surface area contributed by atoms with Crippen molar-refractivity contribution < 1.29 is 10.2 Å². The van der Waals surface area contributed by atoms with Crippen molar-refractivity contribution in [2.24, 2.45) is 0 Å². The maximum atomic E-state index is 9.54. The fraction of sp³-hybridized carbons (Fsp3) is 0.556. The van der Waals surface area contributed by atoms with E-state index < -0.39 is 0 Å². The Morgan fingerprint density at radius 1 is 0.800 bits per heavy atom. The van der Waals surface area contributed by atoms with Gasteiger partial charge in [-0.25, -0.2) is 0 Å². The Kier molecular flexibility index (Phi) is 8.22. The van der Waals surface area contributed by atoms with E-state index >= 15 is 0 Å². The first-order valence-electron chi connectivity index (χ1n) is 4.45. The highest BCUT2D eigenvalue weighted by molar-refractivity contribution is 8.08. The van der Waals surface area contributed by atoms with Gasteiger partial charge in [0, 0.05) is 17.3 Å². The summed E-state index contributed by atoms with van der Waals surface area (Å²) < 4.78 is 0. The van der Waals surface area contributed by atoms with Crippen LogP contribution in [-0.4, -0.2) is 39.0 Å². The Balaban J connectivity index is 2.37. The van der Waals surface area contributed by atoms with Crippen molar-refractivity contribution in [3.8, 4) is 0 Å². The van der Waals surface area contributed by atoms with Crippen LogP contribution in [-0.2, 0) is 0 Å². The lowest BCUT2D eigenvalue weighted by atomic mass is 10.5. The average molecular weight is 282 g/mol. The Morgan fingerprint density at radius 2 is 1.33 bits per heavy atom. The van der Waals surface area contributed by atoms with Crippen LogP contribution < -0.4 is 0 Å². The summed E-state index contributed by atoms with van der Waals surface area (Å²) in [5.41, 5.74) is -0.354. The van der Waals surface area contributed by atoms with Crippen LogP contribution in [0.15, 0.2) is 21.6 Å². The largest absolute Gasteiger partial charge is 0.391 e. The van der Waals surface area contributed by atoms with Crippen molar-refractivity contribution in [1.82, 2.24) is 0 Å². The lowest BCUT2D eigenvalue weighted by Crippen LogP contribution is -2.11. The van der Waals surface area contributed by atoms with E-state index in [0.29, 0.717) is 11.5 Å². The van der Waals surface area contributed by atoms with Crippen LogP contribution in [0.3, 0.4) is 0 Å². The van der Waals surface area contributed by atoms with E-state index in [1.807, 2.05) is 21.6 Å². The van der Waals surface area contributed by atoms with Crippen LogP contribution in [0.5, 0.6) is 0 Å². The first kappa shape index (κ1) is 13.9. The number of aliphatic hydroxyl groups is 2. The molecule has 1 rings (SSSR count). The fourth-order valence-corrected chi connectivity index (χ4v) is 4.06. The molecule has 0 radical (unpaired) electrons. The second-order valence-electron chi connectivity index (χ2n) is 2.79. The smallest absolute Gasteiger partial charge is 0.113 e. The van der Waals surface area contributed by atoms with Crippen molar-refractivity contribution >= 4 is 47.0 Å². The highest BCUT2D eigenvalue weighted by Gasteiger charge is 2.04. The molecule has 6 heteroatoms. The Labute approximate surface area is 107 Å². The molecule has 15 heavy (non-hydrogen) atoms. The molecule has 1 aliphatic heterocycles. The van der Waals surface area contributed by atoms with Crippen molar-refractivity contribution in [3.05, 3.63) is 21.6 Å². The highest BCUT2D eigenvalue weighted by atomic mass is 32.2. The molecular formula is C9H14O2S4. The first-order chi connectivity index (χ1) is 7.29. The summed E-state index contributed by atoms with van der Waals surface area (Å²) in [6.07, 6.45) is -0.269. The molecule has 2 nitrogen and oxygen atoms in total. The molecule has 0 amide bonds. The van der Waals surface area contributed by atoms with Gasteiger partial charge >= 0.3 is 0 Å². The minimum absolute atomic E-state index is 0.269. The first-order valence-corrected chi connectivity index (χ1v) is 8.54. The van der Waals surface area contributed by atoms with Gasteiger partial charge < -0.3 is 10.2 Å². The van der Waals surface area contributed by atoms with Crippen molar-refractivity contribution in [1.29, 1.82) is 0 Å². The predicted octanol–water partition coefficient (Wildman–Crippen LogP) is 2.55. The SMILES string of the molecule is OC1CS/C=C/SC[C@@H](O)S/C=C/SC1. The Morgan fingerprint density at radius 3 is 2.00 bits per heavy atom. The molecule has 0 saturated carbocycles. The lowest BCUT2D eigenvalue weighted by Gasteiger charge is -2.05. The van der Waals surface area contributed by atoms with Gasteiger partial charge in [0.05, 0.1) is 6.10 Å². The quantitative estimate of drug-likeness (QED) is 0.711. The zero-order valence-corrected chi connectivity index (χ0v) is 11.4. The Hall–Kier alpha value is 0.800. The van der Waals surface area contributed by atoms with Crippen molar-refractivity contribution in [2.75, 3.05) is 17.3 Å². The van der Waals surface area contributed by atoms with Crippen LogP contribution in [0, 0.1) is 0 Å². The van der Waals surface area contributed by atoms with E-state index in [4.69, 9.17) is 0 Å². The van der Waals surface area contributed by atoms with E-state index in [0.717, 1.165) is 5.75 Å². The molecule has 0 fully saturated rings. The van der Waals surface area contributed by atoms with Crippen molar-refractivity contribution in [3.63, 3.8) is 0 Å². The summed E-state index contributed by atoms with van der Waals surface area (Å²) >= 11 is 6.18. The third kappa shape index (κ3) is 7.65. The minimum atomic E-state index is -0.354. The van der Waals surface area contributed by atoms with Gasteiger partial charge in [-0.3, -0.25) is 0 Å². The van der Waals surface area contributed by atoms with Crippen LogP contribution in [0.2, 0.25) is 0 Å². The molecule has 0 saturated heterocycles. The van der Waals surface area contributed by atoms with E-state index in [-0.39, 0.29) is 11.5 Å². The summed E-state index contributed by atoms with van der Waals surface area (Å²) in [5, 5.41) is 26.8. The number of aliphatic hydroxyl groups excluding tert-OH is 2. The molecule has 2 N–H and O–H groups in total. The van der Waals surface area contributed by atoms with Gasteiger partial charge in [0.25, 0.3) is 0 Å². The Bertz CT molecular complexity index is 220. The standard InChI is InChI=1S/C9H14O2S4/c10-8-5-12-1-2-14-7-9(11)15-4-3-13-6-8/h1-4,8-11H,5-7H2/b2-1+,4-3+/t8?,9-/m0/s1. The zero-order chi connectivity index (χ0) is 10.9. The summed E-state index contributed by atoms with van der Waals surface area (Å²) in [6, 6.07) is 0. The van der Waals surface area contributed by atoms with Gasteiger partial charge in [-0.2, -0.15) is 0 Å². The zero-order valence-electron chi connectivity index (χ0n) is 8.11. The van der Waals surface area contributed by atoms with Gasteiger partial charge in [0.2, 0.25) is 0 Å². The monoisotopic (exact) mass is 282 g/mol.